The summed E-state index contributed by atoms with van der Waals surface area (Å²) in [6, 6.07) is 12.5. The van der Waals surface area contributed by atoms with Crippen LogP contribution in [0.3, 0.4) is 0 Å². The molecule has 0 fully saturated rings. The average Bonchev–Trinajstić information content (AvgIpc) is 3.25. The number of para-hydroxylation sites is 1. The van der Waals surface area contributed by atoms with Crippen molar-refractivity contribution < 1.29 is 19.1 Å². The molecule has 0 spiro atoms. The number of aromatic nitrogens is 1. The van der Waals surface area contributed by atoms with Crippen molar-refractivity contribution in [3.05, 3.63) is 65.4 Å². The summed E-state index contributed by atoms with van der Waals surface area (Å²) in [7, 11) is 0. The van der Waals surface area contributed by atoms with Gasteiger partial charge in [-0.1, -0.05) is 24.3 Å². The lowest BCUT2D eigenvalue weighted by atomic mass is 9.97. The molecular weight excluding hydrogens is 458 g/mol. The molecule has 3 aromatic rings. The molecule has 9 heteroatoms. The first-order valence-corrected chi connectivity index (χ1v) is 12.2. The smallest absolute Gasteiger partial charge is 0.410 e. The summed E-state index contributed by atoms with van der Waals surface area (Å²) < 4.78 is 5.31. The molecule has 190 valence electrons. The molecule has 1 atom stereocenters. The van der Waals surface area contributed by atoms with Gasteiger partial charge in [0.05, 0.1) is 5.54 Å². The molecule has 5 N–H and O–H groups in total. The number of nitrogens with one attached hydrogen (secondary N) is 3. The van der Waals surface area contributed by atoms with Crippen LogP contribution >= 0.6 is 0 Å². The van der Waals surface area contributed by atoms with Crippen LogP contribution in [0.5, 0.6) is 5.75 Å². The minimum Gasteiger partial charge on any atom is -0.410 e. The monoisotopic (exact) mass is 491 g/mol. The molecule has 0 aliphatic carbocycles. The van der Waals surface area contributed by atoms with Crippen LogP contribution in [-0.2, 0) is 29.0 Å². The lowest BCUT2D eigenvalue weighted by Crippen LogP contribution is -2.57. The van der Waals surface area contributed by atoms with Crippen LogP contribution in [0.15, 0.2) is 48.7 Å². The minimum atomic E-state index is -1.12. The summed E-state index contributed by atoms with van der Waals surface area (Å²) in [4.78, 5) is 43.2. The highest BCUT2D eigenvalue weighted by molar-refractivity contribution is 5.92. The number of H-pyrrole nitrogens is 1. The molecule has 1 aliphatic rings. The molecule has 3 amide bonds. The van der Waals surface area contributed by atoms with E-state index in [1.54, 1.807) is 24.8 Å². The third kappa shape index (κ3) is 5.68. The van der Waals surface area contributed by atoms with Crippen LogP contribution in [0, 0.1) is 0 Å². The fraction of sp³-hybridized carbons (Fsp3) is 0.370. The maximum absolute atomic E-state index is 13.7. The van der Waals surface area contributed by atoms with E-state index in [9.17, 15) is 14.4 Å². The number of nitrogens with zero attached hydrogens (tertiary/aromatic N) is 1. The van der Waals surface area contributed by atoms with Gasteiger partial charge in [0.25, 0.3) is 0 Å². The number of carbonyl (C=O) groups excluding carboxylic acids is 3. The number of hydrogen-bond donors (Lipinski definition) is 4. The Hall–Kier alpha value is -3.85. The second kappa shape index (κ2) is 10.4. The number of carbonyl (C=O) groups is 3. The van der Waals surface area contributed by atoms with E-state index in [1.807, 2.05) is 49.5 Å². The van der Waals surface area contributed by atoms with Crippen molar-refractivity contribution in [1.82, 2.24) is 20.5 Å². The van der Waals surface area contributed by atoms with Crippen molar-refractivity contribution in [2.75, 3.05) is 13.1 Å². The van der Waals surface area contributed by atoms with Gasteiger partial charge in [0, 0.05) is 43.2 Å². The van der Waals surface area contributed by atoms with Gasteiger partial charge >= 0.3 is 6.09 Å². The van der Waals surface area contributed by atoms with E-state index in [2.05, 4.69) is 15.6 Å². The second-order valence-electron chi connectivity index (χ2n) is 9.67. The van der Waals surface area contributed by atoms with Gasteiger partial charge in [-0.2, -0.15) is 0 Å². The lowest BCUT2D eigenvalue weighted by Gasteiger charge is -2.33. The van der Waals surface area contributed by atoms with E-state index < -0.39 is 17.7 Å². The molecule has 1 aromatic heterocycles. The summed E-state index contributed by atoms with van der Waals surface area (Å²) in [5.41, 5.74) is 8.83. The molecule has 4 rings (SSSR count). The number of aromatic amines is 1. The Balaban J connectivity index is 1.53. The zero-order chi connectivity index (χ0) is 25.9. The Labute approximate surface area is 210 Å². The van der Waals surface area contributed by atoms with Crippen molar-refractivity contribution in [2.24, 2.45) is 5.73 Å². The van der Waals surface area contributed by atoms with Crippen LogP contribution in [0.2, 0.25) is 0 Å². The van der Waals surface area contributed by atoms with Crippen LogP contribution in [-0.4, -0.2) is 52.5 Å². The Morgan fingerprint density at radius 2 is 1.94 bits per heavy atom. The normalized spacial score (nSPS) is 14.2. The Bertz CT molecular complexity index is 1280. The first-order chi connectivity index (χ1) is 17.2. The summed E-state index contributed by atoms with van der Waals surface area (Å²) in [6.45, 7) is 6.44. The highest BCUT2D eigenvalue weighted by Gasteiger charge is 2.32. The Morgan fingerprint density at radius 3 is 2.69 bits per heavy atom. The van der Waals surface area contributed by atoms with Gasteiger partial charge in [0.1, 0.15) is 11.8 Å². The van der Waals surface area contributed by atoms with Gasteiger partial charge < -0.3 is 31.0 Å². The number of hydrogen-bond acceptors (Lipinski definition) is 5. The maximum atomic E-state index is 13.7. The average molecular weight is 492 g/mol. The van der Waals surface area contributed by atoms with E-state index in [1.165, 1.54) is 0 Å². The van der Waals surface area contributed by atoms with Crippen LogP contribution in [0.25, 0.3) is 10.9 Å². The minimum absolute atomic E-state index is 0.161. The molecule has 2 aromatic carbocycles. The van der Waals surface area contributed by atoms with Crippen LogP contribution in [0.4, 0.5) is 4.79 Å². The van der Waals surface area contributed by atoms with E-state index >= 15 is 0 Å². The van der Waals surface area contributed by atoms with Gasteiger partial charge in [-0.25, -0.2) is 4.79 Å². The number of fused-ring (bicyclic) bond motifs is 2. The van der Waals surface area contributed by atoms with Gasteiger partial charge in [-0.3, -0.25) is 9.59 Å². The first-order valence-electron chi connectivity index (χ1n) is 12.2. The van der Waals surface area contributed by atoms with Crippen molar-refractivity contribution in [1.29, 1.82) is 0 Å². The lowest BCUT2D eigenvalue weighted by molar-refractivity contribution is -0.138. The predicted octanol–water partition coefficient (Wildman–Crippen LogP) is 2.63. The van der Waals surface area contributed by atoms with Crippen LogP contribution < -0.4 is 21.1 Å². The summed E-state index contributed by atoms with van der Waals surface area (Å²) in [5, 5.41) is 6.51. The third-order valence-electron chi connectivity index (χ3n) is 6.32. The summed E-state index contributed by atoms with van der Waals surface area (Å²) in [5.74, 6) is -0.0782. The number of rotatable bonds is 7. The molecule has 0 saturated carbocycles. The standard InChI is InChI=1S/C27H33N5O4/c1-4-29-26(35)36-20-10-9-18-16-32(12-11-17(18)13-20)24(33)23(31-25(34)27(2,3)28)14-19-15-30-22-8-6-5-7-21(19)22/h5-10,13,15,23,30H,4,11-12,14,16,28H2,1-3H3,(H,29,35)(H,31,34)/t23-/m1/s1. The van der Waals surface area contributed by atoms with E-state index in [0.29, 0.717) is 38.2 Å². The summed E-state index contributed by atoms with van der Waals surface area (Å²) >= 11 is 0. The first kappa shape index (κ1) is 25.2. The molecule has 9 nitrogen and oxygen atoms in total. The molecular formula is C27H33N5O4. The fourth-order valence-corrected chi connectivity index (χ4v) is 4.35. The predicted molar refractivity (Wildman–Crippen MR) is 137 cm³/mol. The van der Waals surface area contributed by atoms with Crippen molar-refractivity contribution in [3.63, 3.8) is 0 Å². The molecule has 0 unspecified atom stereocenters. The fourth-order valence-electron chi connectivity index (χ4n) is 4.35. The van der Waals surface area contributed by atoms with E-state index in [4.69, 9.17) is 10.5 Å². The number of amides is 3. The zero-order valence-corrected chi connectivity index (χ0v) is 20.9. The topological polar surface area (TPSA) is 130 Å². The molecule has 1 aliphatic heterocycles. The molecule has 0 saturated heterocycles. The van der Waals surface area contributed by atoms with Gasteiger partial charge in [0.2, 0.25) is 11.8 Å². The third-order valence-corrected chi connectivity index (χ3v) is 6.32. The number of nitrogens with two attached hydrogens (primary N) is 1. The number of benzene rings is 2. The van der Waals surface area contributed by atoms with Crippen molar-refractivity contribution in [3.8, 4) is 5.75 Å². The van der Waals surface area contributed by atoms with Crippen molar-refractivity contribution in [2.45, 2.75) is 51.7 Å². The van der Waals surface area contributed by atoms with E-state index in [0.717, 1.165) is 27.6 Å². The van der Waals surface area contributed by atoms with E-state index in [-0.39, 0.29) is 11.8 Å². The number of ether oxygens (including phenoxy) is 1. The van der Waals surface area contributed by atoms with Gasteiger partial charge in [-0.15, -0.1) is 0 Å². The van der Waals surface area contributed by atoms with Gasteiger partial charge in [0.15, 0.2) is 0 Å². The highest BCUT2D eigenvalue weighted by Crippen LogP contribution is 2.26. The quantitative estimate of drug-likeness (QED) is 0.404. The zero-order valence-electron chi connectivity index (χ0n) is 20.9. The second-order valence-corrected chi connectivity index (χ2v) is 9.67. The summed E-state index contributed by atoms with van der Waals surface area (Å²) in [6.07, 6.45) is 2.34. The molecule has 0 radical (unpaired) electrons. The van der Waals surface area contributed by atoms with Crippen molar-refractivity contribution >= 4 is 28.8 Å². The Kier molecular flexibility index (Phi) is 7.30. The highest BCUT2D eigenvalue weighted by atomic mass is 16.6. The SMILES string of the molecule is CCNC(=O)Oc1ccc2c(c1)CCN(C(=O)[C@@H](Cc1c[nH]c3ccccc13)NC(=O)C(C)(C)N)C2. The van der Waals surface area contributed by atoms with Gasteiger partial charge in [-0.05, 0) is 62.1 Å². The molecule has 2 heterocycles. The van der Waals surface area contributed by atoms with Crippen LogP contribution in [0.1, 0.15) is 37.5 Å². The molecule has 36 heavy (non-hydrogen) atoms. The largest absolute Gasteiger partial charge is 0.412 e. The Morgan fingerprint density at radius 1 is 1.17 bits per heavy atom. The molecule has 0 bridgehead atoms. The maximum Gasteiger partial charge on any atom is 0.412 e.